The van der Waals surface area contributed by atoms with Gasteiger partial charge in [0.15, 0.2) is 5.13 Å². The highest BCUT2D eigenvalue weighted by molar-refractivity contribution is 7.15. The number of hydrogen-bond donors (Lipinski definition) is 1. The number of hydrogen-bond acceptors (Lipinski definition) is 4. The summed E-state index contributed by atoms with van der Waals surface area (Å²) >= 11 is 7.40. The average Bonchev–Trinajstić information content (AvgIpc) is 3.13. The second-order valence-corrected chi connectivity index (χ2v) is 8.44. The first-order valence-electron chi connectivity index (χ1n) is 9.17. The number of aromatic nitrogens is 1. The summed E-state index contributed by atoms with van der Waals surface area (Å²) in [7, 11) is 0. The molecule has 4 nitrogen and oxygen atoms in total. The predicted molar refractivity (Wildman–Crippen MR) is 119 cm³/mol. The molecule has 0 spiro atoms. The van der Waals surface area contributed by atoms with Gasteiger partial charge in [-0.05, 0) is 40.8 Å². The molecular formula is C23H20ClN3OS. The van der Waals surface area contributed by atoms with Crippen molar-refractivity contribution in [1.82, 2.24) is 4.98 Å². The van der Waals surface area contributed by atoms with E-state index in [1.54, 1.807) is 12.3 Å². The normalized spacial score (nSPS) is 11.3. The molecule has 0 bridgehead atoms. The number of halogens is 1. The van der Waals surface area contributed by atoms with Gasteiger partial charge >= 0.3 is 0 Å². The van der Waals surface area contributed by atoms with Crippen molar-refractivity contribution in [3.05, 3.63) is 86.9 Å². The van der Waals surface area contributed by atoms with E-state index in [-0.39, 0.29) is 5.57 Å². The molecule has 3 aromatic rings. The summed E-state index contributed by atoms with van der Waals surface area (Å²) in [6, 6.07) is 17.4. The Kier molecular flexibility index (Phi) is 6.82. The van der Waals surface area contributed by atoms with E-state index in [4.69, 9.17) is 11.6 Å². The van der Waals surface area contributed by atoms with Gasteiger partial charge in [-0.25, -0.2) is 4.98 Å². The summed E-state index contributed by atoms with van der Waals surface area (Å²) in [4.78, 5) is 17.7. The fraction of sp³-hybridized carbons (Fsp3) is 0.174. The van der Waals surface area contributed by atoms with Crippen molar-refractivity contribution in [1.29, 1.82) is 5.26 Å². The molecule has 6 heteroatoms. The molecule has 146 valence electrons. The molecule has 0 aliphatic carbocycles. The Morgan fingerprint density at radius 3 is 2.69 bits per heavy atom. The van der Waals surface area contributed by atoms with Crippen LogP contribution in [0.1, 0.15) is 41.3 Å². The Labute approximate surface area is 179 Å². The van der Waals surface area contributed by atoms with Gasteiger partial charge in [0.2, 0.25) is 0 Å². The standard InChI is InChI=1S/C23H20ClN3OS/c1-15(2)18-8-6-16(7-9-18)10-19(13-25)22(28)27-23-26-14-21(29-23)12-17-4-3-5-20(24)11-17/h3-11,14-15H,12H2,1-2H3,(H,26,27,28)/b19-10+. The van der Waals surface area contributed by atoms with Crippen molar-refractivity contribution in [2.24, 2.45) is 0 Å². The fourth-order valence-corrected chi connectivity index (χ4v) is 3.81. The number of nitriles is 1. The molecule has 1 heterocycles. The van der Waals surface area contributed by atoms with Crippen LogP contribution < -0.4 is 5.32 Å². The molecule has 29 heavy (non-hydrogen) atoms. The van der Waals surface area contributed by atoms with Gasteiger partial charge < -0.3 is 0 Å². The van der Waals surface area contributed by atoms with Crippen LogP contribution in [-0.2, 0) is 11.2 Å². The zero-order chi connectivity index (χ0) is 20.8. The number of carbonyl (C=O) groups excluding carboxylic acids is 1. The monoisotopic (exact) mass is 421 g/mol. The summed E-state index contributed by atoms with van der Waals surface area (Å²) < 4.78 is 0. The Morgan fingerprint density at radius 2 is 2.03 bits per heavy atom. The first kappa shape index (κ1) is 20.8. The topological polar surface area (TPSA) is 65.8 Å². The Balaban J connectivity index is 1.68. The number of anilines is 1. The minimum absolute atomic E-state index is 0.0360. The zero-order valence-corrected chi connectivity index (χ0v) is 17.7. The molecule has 0 saturated carbocycles. The van der Waals surface area contributed by atoms with E-state index < -0.39 is 5.91 Å². The van der Waals surface area contributed by atoms with E-state index in [2.05, 4.69) is 24.1 Å². The highest BCUT2D eigenvalue weighted by atomic mass is 35.5. The van der Waals surface area contributed by atoms with Gasteiger partial charge in [-0.2, -0.15) is 5.26 Å². The third-order valence-electron chi connectivity index (χ3n) is 4.32. The molecule has 0 atom stereocenters. The van der Waals surface area contributed by atoms with Crippen LogP contribution in [0, 0.1) is 11.3 Å². The predicted octanol–water partition coefficient (Wildman–Crippen LogP) is 6.06. The van der Waals surface area contributed by atoms with E-state index in [1.807, 2.05) is 54.6 Å². The zero-order valence-electron chi connectivity index (χ0n) is 16.1. The molecule has 0 fully saturated rings. The van der Waals surface area contributed by atoms with Gasteiger partial charge in [-0.3, -0.25) is 10.1 Å². The number of nitrogens with one attached hydrogen (secondary N) is 1. The molecule has 1 amide bonds. The summed E-state index contributed by atoms with van der Waals surface area (Å²) in [5.41, 5.74) is 3.12. The molecular weight excluding hydrogens is 402 g/mol. The third-order valence-corrected chi connectivity index (χ3v) is 5.47. The van der Waals surface area contributed by atoms with Gasteiger partial charge in [-0.1, -0.05) is 61.8 Å². The molecule has 1 N–H and O–H groups in total. The maximum atomic E-state index is 12.5. The minimum atomic E-state index is -0.468. The number of rotatable bonds is 6. The summed E-state index contributed by atoms with van der Waals surface area (Å²) in [5, 5.41) is 13.3. The Hall–Kier alpha value is -2.94. The van der Waals surface area contributed by atoms with Gasteiger partial charge in [0.1, 0.15) is 11.6 Å². The van der Waals surface area contributed by atoms with Crippen LogP contribution in [0.3, 0.4) is 0 Å². The van der Waals surface area contributed by atoms with E-state index in [9.17, 15) is 10.1 Å². The highest BCUT2D eigenvalue weighted by Crippen LogP contribution is 2.23. The van der Waals surface area contributed by atoms with Crippen LogP contribution in [0.2, 0.25) is 5.02 Å². The summed E-state index contributed by atoms with van der Waals surface area (Å²) in [6.45, 7) is 4.24. The van der Waals surface area contributed by atoms with E-state index in [0.717, 1.165) is 16.0 Å². The van der Waals surface area contributed by atoms with Crippen molar-refractivity contribution in [3.8, 4) is 6.07 Å². The molecule has 0 aliphatic heterocycles. The second-order valence-electron chi connectivity index (χ2n) is 6.88. The summed E-state index contributed by atoms with van der Waals surface area (Å²) in [6.07, 6.45) is 3.98. The lowest BCUT2D eigenvalue weighted by atomic mass is 10.0. The van der Waals surface area contributed by atoms with Gasteiger partial charge in [0, 0.05) is 22.5 Å². The number of amides is 1. The highest BCUT2D eigenvalue weighted by Gasteiger charge is 2.12. The molecule has 2 aromatic carbocycles. The van der Waals surface area contributed by atoms with Crippen molar-refractivity contribution in [2.75, 3.05) is 5.32 Å². The lowest BCUT2D eigenvalue weighted by molar-refractivity contribution is -0.112. The maximum absolute atomic E-state index is 12.5. The number of nitrogens with zero attached hydrogens (tertiary/aromatic N) is 2. The van der Waals surface area contributed by atoms with Gasteiger partial charge in [0.05, 0.1) is 0 Å². The fourth-order valence-electron chi connectivity index (χ4n) is 2.75. The van der Waals surface area contributed by atoms with Crippen LogP contribution in [0.4, 0.5) is 5.13 Å². The van der Waals surface area contributed by atoms with E-state index >= 15 is 0 Å². The Bertz CT molecular complexity index is 1080. The molecule has 1 aromatic heterocycles. The van der Waals surface area contributed by atoms with Crippen molar-refractivity contribution in [2.45, 2.75) is 26.2 Å². The number of thiazole rings is 1. The smallest absolute Gasteiger partial charge is 0.268 e. The summed E-state index contributed by atoms with van der Waals surface area (Å²) in [5.74, 6) is -0.0399. The largest absolute Gasteiger partial charge is 0.297 e. The lowest BCUT2D eigenvalue weighted by Crippen LogP contribution is -2.13. The van der Waals surface area contributed by atoms with Crippen LogP contribution >= 0.6 is 22.9 Å². The number of benzene rings is 2. The first-order chi connectivity index (χ1) is 13.9. The first-order valence-corrected chi connectivity index (χ1v) is 10.4. The molecule has 0 radical (unpaired) electrons. The lowest BCUT2D eigenvalue weighted by Gasteiger charge is -2.05. The molecule has 3 rings (SSSR count). The third kappa shape index (κ3) is 5.77. The van der Waals surface area contributed by atoms with Crippen LogP contribution in [-0.4, -0.2) is 10.9 Å². The minimum Gasteiger partial charge on any atom is -0.297 e. The Morgan fingerprint density at radius 1 is 1.28 bits per heavy atom. The van der Waals surface area contributed by atoms with Crippen molar-refractivity contribution >= 4 is 40.1 Å². The van der Waals surface area contributed by atoms with Gasteiger partial charge in [0.25, 0.3) is 5.91 Å². The van der Waals surface area contributed by atoms with Crippen molar-refractivity contribution in [3.63, 3.8) is 0 Å². The second kappa shape index (κ2) is 9.51. The molecule has 0 saturated heterocycles. The van der Waals surface area contributed by atoms with Crippen LogP contribution in [0.5, 0.6) is 0 Å². The average molecular weight is 422 g/mol. The van der Waals surface area contributed by atoms with Crippen molar-refractivity contribution < 1.29 is 4.79 Å². The van der Waals surface area contributed by atoms with Gasteiger partial charge in [-0.15, -0.1) is 11.3 Å². The van der Waals surface area contributed by atoms with E-state index in [0.29, 0.717) is 22.5 Å². The molecule has 0 unspecified atom stereocenters. The van der Waals surface area contributed by atoms with Crippen LogP contribution in [0.15, 0.2) is 60.3 Å². The number of carbonyl (C=O) groups is 1. The van der Waals surface area contributed by atoms with E-state index in [1.165, 1.54) is 16.9 Å². The quantitative estimate of drug-likeness (QED) is 0.388. The maximum Gasteiger partial charge on any atom is 0.268 e. The molecule has 0 aliphatic rings. The van der Waals surface area contributed by atoms with Crippen LogP contribution in [0.25, 0.3) is 6.08 Å². The SMILES string of the molecule is CC(C)c1ccc(/C=C(\C#N)C(=O)Nc2ncc(Cc3cccc(Cl)c3)s2)cc1.